The number of nitrogens with one attached hydrogen (secondary N) is 2. The first kappa shape index (κ1) is 25.5. The quantitative estimate of drug-likeness (QED) is 0.447. The molecule has 10 nitrogen and oxygen atoms in total. The second-order valence-corrected chi connectivity index (χ2v) is 7.96. The van der Waals surface area contributed by atoms with Crippen LogP contribution in [-0.2, 0) is 0 Å². The standard InChI is InChI=1S/C27H29N3O7/c1-6-37-17-11-12-21(33-2)19(15-17)25-28-20-10-8-7-9-18(20)27(32)30(25)29-26(31)16-13-22(34-3)24(36-5)23(14-16)35-4/h7-15,25,28H,6H2,1-5H3,(H,29,31). The number of fused-ring (bicyclic) bond motifs is 1. The molecule has 1 aliphatic rings. The summed E-state index contributed by atoms with van der Waals surface area (Å²) in [6, 6.07) is 15.4. The first-order valence-electron chi connectivity index (χ1n) is 11.6. The Balaban J connectivity index is 1.78. The van der Waals surface area contributed by atoms with Gasteiger partial charge in [-0.15, -0.1) is 0 Å². The molecular weight excluding hydrogens is 478 g/mol. The number of benzene rings is 3. The van der Waals surface area contributed by atoms with Gasteiger partial charge in [-0.1, -0.05) is 12.1 Å². The lowest BCUT2D eigenvalue weighted by molar-refractivity contribution is 0.0488. The van der Waals surface area contributed by atoms with E-state index in [1.54, 1.807) is 36.4 Å². The van der Waals surface area contributed by atoms with Crippen LogP contribution >= 0.6 is 0 Å². The Morgan fingerprint density at radius 2 is 1.59 bits per heavy atom. The van der Waals surface area contributed by atoms with Crippen molar-refractivity contribution >= 4 is 17.5 Å². The molecule has 0 aromatic heterocycles. The molecule has 2 N–H and O–H groups in total. The van der Waals surface area contributed by atoms with Crippen molar-refractivity contribution in [3.05, 3.63) is 71.3 Å². The van der Waals surface area contributed by atoms with Crippen LogP contribution in [0.1, 0.15) is 39.4 Å². The molecule has 3 aromatic rings. The molecule has 0 fully saturated rings. The Hall–Kier alpha value is -4.60. The molecule has 0 bridgehead atoms. The van der Waals surface area contributed by atoms with Crippen LogP contribution in [0.25, 0.3) is 0 Å². The van der Waals surface area contributed by atoms with Gasteiger partial charge in [-0.25, -0.2) is 5.01 Å². The average molecular weight is 508 g/mol. The summed E-state index contributed by atoms with van der Waals surface area (Å²) in [6.45, 7) is 2.35. The third kappa shape index (κ3) is 4.90. The monoisotopic (exact) mass is 507 g/mol. The normalized spacial score (nSPS) is 14.2. The van der Waals surface area contributed by atoms with Gasteiger partial charge in [0.1, 0.15) is 11.5 Å². The molecule has 37 heavy (non-hydrogen) atoms. The highest BCUT2D eigenvalue weighted by atomic mass is 16.5. The largest absolute Gasteiger partial charge is 0.496 e. The fourth-order valence-electron chi connectivity index (χ4n) is 4.16. The van der Waals surface area contributed by atoms with Gasteiger partial charge in [-0.2, -0.15) is 0 Å². The van der Waals surface area contributed by atoms with Crippen molar-refractivity contribution in [2.24, 2.45) is 0 Å². The third-order valence-corrected chi connectivity index (χ3v) is 5.88. The van der Waals surface area contributed by atoms with Gasteiger partial charge in [-0.05, 0) is 49.4 Å². The molecule has 0 saturated carbocycles. The summed E-state index contributed by atoms with van der Waals surface area (Å²) in [4.78, 5) is 27.1. The van der Waals surface area contributed by atoms with Gasteiger partial charge in [0.05, 0.1) is 40.6 Å². The van der Waals surface area contributed by atoms with Crippen LogP contribution in [0, 0.1) is 0 Å². The molecule has 0 radical (unpaired) electrons. The number of ether oxygens (including phenoxy) is 5. The number of amides is 2. The van der Waals surface area contributed by atoms with Gasteiger partial charge in [0.2, 0.25) is 5.75 Å². The fraction of sp³-hybridized carbons (Fsp3) is 0.259. The molecule has 3 aromatic carbocycles. The number of hydrogen-bond donors (Lipinski definition) is 2. The number of rotatable bonds is 9. The van der Waals surface area contributed by atoms with Crippen molar-refractivity contribution in [3.63, 3.8) is 0 Å². The van der Waals surface area contributed by atoms with E-state index in [-0.39, 0.29) is 5.56 Å². The lowest BCUT2D eigenvalue weighted by atomic mass is 10.0. The minimum absolute atomic E-state index is 0.204. The van der Waals surface area contributed by atoms with Gasteiger partial charge >= 0.3 is 0 Å². The summed E-state index contributed by atoms with van der Waals surface area (Å²) in [5, 5.41) is 4.58. The molecule has 2 amide bonds. The molecule has 1 aliphatic heterocycles. The van der Waals surface area contributed by atoms with Crippen LogP contribution in [-0.4, -0.2) is 51.9 Å². The second kappa shape index (κ2) is 11.0. The predicted octanol–water partition coefficient (Wildman–Crippen LogP) is 4.03. The van der Waals surface area contributed by atoms with Gasteiger partial charge in [0.25, 0.3) is 11.8 Å². The molecule has 0 spiro atoms. The summed E-state index contributed by atoms with van der Waals surface area (Å²) in [7, 11) is 5.93. The maximum Gasteiger partial charge on any atom is 0.276 e. The van der Waals surface area contributed by atoms with E-state index in [1.807, 2.05) is 13.0 Å². The Morgan fingerprint density at radius 3 is 2.22 bits per heavy atom. The van der Waals surface area contributed by atoms with E-state index in [1.165, 1.54) is 45.6 Å². The molecule has 1 heterocycles. The number of hydrazine groups is 1. The zero-order chi connectivity index (χ0) is 26.5. The van der Waals surface area contributed by atoms with E-state index in [0.717, 1.165) is 0 Å². The van der Waals surface area contributed by atoms with Gasteiger partial charge in [0.15, 0.2) is 17.7 Å². The van der Waals surface area contributed by atoms with Crippen molar-refractivity contribution in [1.82, 2.24) is 10.4 Å². The molecule has 4 rings (SSSR count). The van der Waals surface area contributed by atoms with Crippen LogP contribution in [0.2, 0.25) is 0 Å². The van der Waals surface area contributed by atoms with Gasteiger partial charge < -0.3 is 29.0 Å². The molecule has 0 saturated heterocycles. The minimum Gasteiger partial charge on any atom is -0.496 e. The molecule has 10 heteroatoms. The Bertz CT molecular complexity index is 1290. The van der Waals surface area contributed by atoms with E-state index in [4.69, 9.17) is 23.7 Å². The number of carbonyl (C=O) groups is 2. The second-order valence-electron chi connectivity index (χ2n) is 7.96. The summed E-state index contributed by atoms with van der Waals surface area (Å²) in [6.07, 6.45) is -0.802. The highest BCUT2D eigenvalue weighted by molar-refractivity contribution is 6.04. The summed E-state index contributed by atoms with van der Waals surface area (Å²) in [5.74, 6) is 1.12. The highest BCUT2D eigenvalue weighted by Gasteiger charge is 2.36. The first-order chi connectivity index (χ1) is 17.9. The van der Waals surface area contributed by atoms with Crippen molar-refractivity contribution in [2.45, 2.75) is 13.1 Å². The molecule has 1 unspecified atom stereocenters. The van der Waals surface area contributed by atoms with Crippen LogP contribution in [0.4, 0.5) is 5.69 Å². The van der Waals surface area contributed by atoms with Crippen molar-refractivity contribution < 1.29 is 33.3 Å². The fourth-order valence-corrected chi connectivity index (χ4v) is 4.16. The average Bonchev–Trinajstić information content (AvgIpc) is 2.93. The van der Waals surface area contributed by atoms with Crippen molar-refractivity contribution in [3.8, 4) is 28.7 Å². The summed E-state index contributed by atoms with van der Waals surface area (Å²) >= 11 is 0. The molecular formula is C27H29N3O7. The van der Waals surface area contributed by atoms with E-state index < -0.39 is 18.0 Å². The Labute approximate surface area is 215 Å². The first-order valence-corrected chi connectivity index (χ1v) is 11.6. The highest BCUT2D eigenvalue weighted by Crippen LogP contribution is 2.40. The lowest BCUT2D eigenvalue weighted by Crippen LogP contribution is -2.53. The maximum absolute atomic E-state index is 13.7. The minimum atomic E-state index is -0.802. The number of hydrogen-bond acceptors (Lipinski definition) is 8. The van der Waals surface area contributed by atoms with E-state index >= 15 is 0 Å². The van der Waals surface area contributed by atoms with E-state index in [2.05, 4.69) is 10.7 Å². The van der Waals surface area contributed by atoms with Crippen LogP contribution in [0.15, 0.2) is 54.6 Å². The smallest absolute Gasteiger partial charge is 0.276 e. The summed E-state index contributed by atoms with van der Waals surface area (Å²) in [5.41, 5.74) is 4.58. The Morgan fingerprint density at radius 1 is 0.919 bits per heavy atom. The number of methoxy groups -OCH3 is 4. The number of nitrogens with zero attached hydrogens (tertiary/aromatic N) is 1. The van der Waals surface area contributed by atoms with E-state index in [9.17, 15) is 9.59 Å². The number of carbonyl (C=O) groups excluding carboxylic acids is 2. The number of anilines is 1. The Kier molecular flexibility index (Phi) is 7.57. The van der Waals surface area contributed by atoms with Gasteiger partial charge in [0, 0.05) is 16.8 Å². The molecule has 194 valence electrons. The zero-order valence-electron chi connectivity index (χ0n) is 21.3. The van der Waals surface area contributed by atoms with Crippen molar-refractivity contribution in [2.75, 3.05) is 40.4 Å². The topological polar surface area (TPSA) is 108 Å². The third-order valence-electron chi connectivity index (χ3n) is 5.88. The predicted molar refractivity (Wildman–Crippen MR) is 137 cm³/mol. The molecule has 1 atom stereocenters. The van der Waals surface area contributed by atoms with Crippen LogP contribution < -0.4 is 34.4 Å². The molecule has 0 aliphatic carbocycles. The van der Waals surface area contributed by atoms with Crippen LogP contribution in [0.5, 0.6) is 28.7 Å². The zero-order valence-corrected chi connectivity index (χ0v) is 21.3. The van der Waals surface area contributed by atoms with Crippen molar-refractivity contribution in [1.29, 1.82) is 0 Å². The van der Waals surface area contributed by atoms with Gasteiger partial charge in [-0.3, -0.25) is 15.0 Å². The van der Waals surface area contributed by atoms with E-state index in [0.29, 0.717) is 52.2 Å². The lowest BCUT2D eigenvalue weighted by Gasteiger charge is -2.38. The maximum atomic E-state index is 13.7. The SMILES string of the molecule is CCOc1ccc(OC)c(C2Nc3ccccc3C(=O)N2NC(=O)c2cc(OC)c(OC)c(OC)c2)c1. The summed E-state index contributed by atoms with van der Waals surface area (Å²) < 4.78 is 27.4. The van der Waals surface area contributed by atoms with Crippen LogP contribution in [0.3, 0.4) is 0 Å². The number of para-hydroxylation sites is 1.